The van der Waals surface area contributed by atoms with Gasteiger partial charge in [-0.05, 0) is 37.5 Å². The summed E-state index contributed by atoms with van der Waals surface area (Å²) < 4.78 is 31.2. The van der Waals surface area contributed by atoms with E-state index < -0.39 is 16.1 Å². The van der Waals surface area contributed by atoms with Crippen molar-refractivity contribution in [3.8, 4) is 5.75 Å². The number of amides is 1. The minimum Gasteiger partial charge on any atom is -0.495 e. The van der Waals surface area contributed by atoms with E-state index >= 15 is 0 Å². The maximum Gasteiger partial charge on any atom is 0.243 e. The van der Waals surface area contributed by atoms with E-state index in [1.165, 1.54) is 13.2 Å². The molecule has 1 rings (SSSR count). The number of anilines is 1. The molecule has 0 radical (unpaired) electrons. The lowest BCUT2D eigenvalue weighted by Crippen LogP contribution is -2.48. The number of nitrogens with one attached hydrogen (secondary N) is 1. The molecular formula is C19H31ClN2O4S. The summed E-state index contributed by atoms with van der Waals surface area (Å²) in [6.07, 6.45) is 5.29. The van der Waals surface area contributed by atoms with Gasteiger partial charge in [-0.2, -0.15) is 0 Å². The average Bonchev–Trinajstić information content (AvgIpc) is 2.60. The van der Waals surface area contributed by atoms with E-state index in [4.69, 9.17) is 16.3 Å². The number of nitrogens with zero attached hydrogens (tertiary/aromatic N) is 1. The summed E-state index contributed by atoms with van der Waals surface area (Å²) in [5.41, 5.74) is 0.244. The first-order valence-corrected chi connectivity index (χ1v) is 11.5. The van der Waals surface area contributed by atoms with Crippen LogP contribution in [0, 0.1) is 5.92 Å². The molecule has 27 heavy (non-hydrogen) atoms. The fourth-order valence-electron chi connectivity index (χ4n) is 2.95. The highest BCUT2D eigenvalue weighted by Gasteiger charge is 2.31. The Kier molecular flexibility index (Phi) is 9.39. The maximum absolute atomic E-state index is 12.7. The number of hydrogen-bond donors (Lipinski definition) is 1. The van der Waals surface area contributed by atoms with Crippen molar-refractivity contribution in [2.75, 3.05) is 24.2 Å². The smallest absolute Gasteiger partial charge is 0.243 e. The van der Waals surface area contributed by atoms with Crippen LogP contribution in [0.4, 0.5) is 5.69 Å². The fourth-order valence-corrected chi connectivity index (χ4v) is 4.29. The molecule has 0 saturated heterocycles. The lowest BCUT2D eigenvalue weighted by atomic mass is 9.99. The molecule has 0 aromatic heterocycles. The number of hydrogen-bond acceptors (Lipinski definition) is 4. The highest BCUT2D eigenvalue weighted by molar-refractivity contribution is 7.92. The predicted molar refractivity (Wildman–Crippen MR) is 111 cm³/mol. The molecule has 0 aliphatic carbocycles. The number of methoxy groups -OCH3 is 1. The van der Waals surface area contributed by atoms with E-state index in [0.717, 1.165) is 36.2 Å². The van der Waals surface area contributed by atoms with Crippen LogP contribution < -0.4 is 14.4 Å². The van der Waals surface area contributed by atoms with Gasteiger partial charge in [0.15, 0.2) is 0 Å². The molecule has 0 aliphatic heterocycles. The summed E-state index contributed by atoms with van der Waals surface area (Å²) in [6, 6.07) is 3.74. The molecule has 2 atom stereocenters. The molecule has 0 fully saturated rings. The number of ether oxygens (including phenoxy) is 1. The first-order chi connectivity index (χ1) is 12.6. The Morgan fingerprint density at radius 3 is 2.52 bits per heavy atom. The number of halogens is 1. The van der Waals surface area contributed by atoms with Crippen LogP contribution in [-0.4, -0.2) is 40.3 Å². The highest BCUT2D eigenvalue weighted by atomic mass is 35.5. The second kappa shape index (κ2) is 10.8. The van der Waals surface area contributed by atoms with E-state index in [2.05, 4.69) is 19.2 Å². The molecule has 0 saturated carbocycles. The maximum atomic E-state index is 12.7. The standard InChI is InChI=1S/C19H31ClN2O4S/c1-6-8-9-15(7-2)13-21-19(23)14(3)22(27(5,24)25)17-12-16(20)10-11-18(17)26-4/h10-12,14-15H,6-9,13H2,1-5H3,(H,21,23)/t14-,15-/m0/s1. The van der Waals surface area contributed by atoms with Gasteiger partial charge in [0, 0.05) is 11.6 Å². The van der Waals surface area contributed by atoms with Crippen LogP contribution in [0.3, 0.4) is 0 Å². The first-order valence-electron chi connectivity index (χ1n) is 9.26. The van der Waals surface area contributed by atoms with E-state index in [1.54, 1.807) is 19.1 Å². The zero-order chi connectivity index (χ0) is 20.6. The Balaban J connectivity index is 3.05. The summed E-state index contributed by atoms with van der Waals surface area (Å²) in [4.78, 5) is 12.7. The van der Waals surface area contributed by atoms with Gasteiger partial charge >= 0.3 is 0 Å². The Labute approximate surface area is 168 Å². The molecule has 154 valence electrons. The van der Waals surface area contributed by atoms with Crippen molar-refractivity contribution in [2.45, 2.75) is 52.5 Å². The van der Waals surface area contributed by atoms with Crippen LogP contribution in [0.5, 0.6) is 5.75 Å². The van der Waals surface area contributed by atoms with Gasteiger partial charge in [-0.25, -0.2) is 8.42 Å². The SMILES string of the molecule is CCCC[C@H](CC)CNC(=O)[C@H](C)N(c1cc(Cl)ccc1OC)S(C)(=O)=O. The van der Waals surface area contributed by atoms with E-state index in [-0.39, 0.29) is 11.6 Å². The molecule has 0 aliphatic rings. The number of rotatable bonds is 11. The third kappa shape index (κ3) is 6.88. The minimum atomic E-state index is -3.74. The molecule has 1 amide bonds. The lowest BCUT2D eigenvalue weighted by Gasteiger charge is -2.30. The third-order valence-corrected chi connectivity index (χ3v) is 6.04. The summed E-state index contributed by atoms with van der Waals surface area (Å²) in [5, 5.41) is 3.26. The summed E-state index contributed by atoms with van der Waals surface area (Å²) in [5.74, 6) is 0.366. The van der Waals surface area contributed by atoms with Crippen molar-refractivity contribution >= 4 is 33.2 Å². The second-order valence-electron chi connectivity index (χ2n) is 6.71. The zero-order valence-corrected chi connectivity index (χ0v) is 18.4. The van der Waals surface area contributed by atoms with Gasteiger partial charge in [0.25, 0.3) is 0 Å². The molecule has 0 heterocycles. The van der Waals surface area contributed by atoms with Gasteiger partial charge in [-0.3, -0.25) is 9.10 Å². The number of carbonyl (C=O) groups excluding carboxylic acids is 1. The Morgan fingerprint density at radius 2 is 2.00 bits per heavy atom. The normalized spacial score (nSPS) is 13.7. The van der Waals surface area contributed by atoms with Crippen LogP contribution in [-0.2, 0) is 14.8 Å². The van der Waals surface area contributed by atoms with Crippen LogP contribution in [0.25, 0.3) is 0 Å². The zero-order valence-electron chi connectivity index (χ0n) is 16.8. The van der Waals surface area contributed by atoms with Crippen LogP contribution in [0.1, 0.15) is 46.5 Å². The van der Waals surface area contributed by atoms with Crippen molar-refractivity contribution in [3.05, 3.63) is 23.2 Å². The largest absolute Gasteiger partial charge is 0.495 e. The van der Waals surface area contributed by atoms with Gasteiger partial charge < -0.3 is 10.1 Å². The summed E-state index contributed by atoms with van der Waals surface area (Å²) in [7, 11) is -2.29. The molecule has 0 bridgehead atoms. The molecular weight excluding hydrogens is 388 g/mol. The Morgan fingerprint density at radius 1 is 1.33 bits per heavy atom. The number of benzene rings is 1. The van der Waals surface area contributed by atoms with Crippen molar-refractivity contribution in [3.63, 3.8) is 0 Å². The summed E-state index contributed by atoms with van der Waals surface area (Å²) >= 11 is 6.04. The van der Waals surface area contributed by atoms with Crippen molar-refractivity contribution in [1.29, 1.82) is 0 Å². The predicted octanol–water partition coefficient (Wildman–Crippen LogP) is 3.84. The first kappa shape index (κ1) is 23.6. The van der Waals surface area contributed by atoms with Gasteiger partial charge in [-0.1, -0.05) is 44.7 Å². The monoisotopic (exact) mass is 418 g/mol. The molecule has 0 spiro atoms. The Hall–Kier alpha value is -1.47. The number of sulfonamides is 1. The lowest BCUT2D eigenvalue weighted by molar-refractivity contribution is -0.122. The van der Waals surface area contributed by atoms with Gasteiger partial charge in [0.05, 0.1) is 19.1 Å². The summed E-state index contributed by atoms with van der Waals surface area (Å²) in [6.45, 7) is 6.32. The molecule has 1 aromatic rings. The minimum absolute atomic E-state index is 0.244. The third-order valence-electron chi connectivity index (χ3n) is 4.58. The van der Waals surface area contributed by atoms with E-state index in [1.807, 2.05) is 0 Å². The molecule has 0 unspecified atom stereocenters. The quantitative estimate of drug-likeness (QED) is 0.592. The molecule has 1 aromatic carbocycles. The number of unbranched alkanes of at least 4 members (excludes halogenated alkanes) is 1. The molecule has 8 heteroatoms. The van der Waals surface area contributed by atoms with Crippen molar-refractivity contribution in [2.24, 2.45) is 5.92 Å². The van der Waals surface area contributed by atoms with Crippen molar-refractivity contribution < 1.29 is 17.9 Å². The van der Waals surface area contributed by atoms with E-state index in [0.29, 0.717) is 23.2 Å². The number of carbonyl (C=O) groups is 1. The van der Waals surface area contributed by atoms with Gasteiger partial charge in [0.2, 0.25) is 15.9 Å². The van der Waals surface area contributed by atoms with Gasteiger partial charge in [0.1, 0.15) is 11.8 Å². The molecule has 6 nitrogen and oxygen atoms in total. The van der Waals surface area contributed by atoms with Crippen molar-refractivity contribution in [1.82, 2.24) is 5.32 Å². The molecule has 1 N–H and O–H groups in total. The van der Waals surface area contributed by atoms with E-state index in [9.17, 15) is 13.2 Å². The van der Waals surface area contributed by atoms with Crippen LogP contribution in [0.2, 0.25) is 5.02 Å². The van der Waals surface area contributed by atoms with Crippen LogP contribution >= 0.6 is 11.6 Å². The second-order valence-corrected chi connectivity index (χ2v) is 9.01. The van der Waals surface area contributed by atoms with Gasteiger partial charge in [-0.15, -0.1) is 0 Å². The highest BCUT2D eigenvalue weighted by Crippen LogP contribution is 2.34. The van der Waals surface area contributed by atoms with Crippen LogP contribution in [0.15, 0.2) is 18.2 Å². The average molecular weight is 419 g/mol. The fraction of sp³-hybridized carbons (Fsp3) is 0.632. The Bertz CT molecular complexity index is 724. The topological polar surface area (TPSA) is 75.7 Å².